The molecule has 1 atom stereocenters. The lowest BCUT2D eigenvalue weighted by atomic mass is 9.97. The Bertz CT molecular complexity index is 905. The number of hydrogen-bond donors (Lipinski definition) is 1. The predicted molar refractivity (Wildman–Crippen MR) is 94.8 cm³/mol. The highest BCUT2D eigenvalue weighted by Gasteiger charge is 2.26. The summed E-state index contributed by atoms with van der Waals surface area (Å²) in [5, 5.41) is 11.3. The monoisotopic (exact) mass is 336 g/mol. The standard InChI is InChI=1S/C18H20N6O/c1-19-18(25)14-7-4-9-15(20-14)23-10-5-6-13(12-23)17-22-21-16-8-2-3-11-24(16)17/h2-4,7-9,11,13H,5-6,10,12H2,1H3,(H,19,25). The largest absolute Gasteiger partial charge is 0.356 e. The Morgan fingerprint density at radius 1 is 1.20 bits per heavy atom. The Morgan fingerprint density at radius 2 is 2.12 bits per heavy atom. The lowest BCUT2D eigenvalue weighted by Crippen LogP contribution is -2.36. The minimum absolute atomic E-state index is 0.168. The topological polar surface area (TPSA) is 75.4 Å². The third kappa shape index (κ3) is 2.93. The molecule has 0 radical (unpaired) electrons. The van der Waals surface area contributed by atoms with E-state index >= 15 is 0 Å². The Balaban J connectivity index is 1.60. The van der Waals surface area contributed by atoms with Crippen LogP contribution < -0.4 is 10.2 Å². The summed E-state index contributed by atoms with van der Waals surface area (Å²) < 4.78 is 2.06. The predicted octanol–water partition coefficient (Wildman–Crippen LogP) is 1.87. The number of hydrogen-bond acceptors (Lipinski definition) is 5. The molecule has 1 N–H and O–H groups in total. The maximum atomic E-state index is 11.8. The van der Waals surface area contributed by atoms with Crippen LogP contribution in [0.3, 0.4) is 0 Å². The minimum Gasteiger partial charge on any atom is -0.356 e. The van der Waals surface area contributed by atoms with E-state index in [1.54, 1.807) is 13.1 Å². The first-order valence-corrected chi connectivity index (χ1v) is 8.50. The first-order valence-electron chi connectivity index (χ1n) is 8.50. The number of amides is 1. The summed E-state index contributed by atoms with van der Waals surface area (Å²) in [6.45, 7) is 1.75. The third-order valence-electron chi connectivity index (χ3n) is 4.64. The smallest absolute Gasteiger partial charge is 0.269 e. The average molecular weight is 336 g/mol. The lowest BCUT2D eigenvalue weighted by Gasteiger charge is -2.33. The molecular formula is C18H20N6O. The van der Waals surface area contributed by atoms with E-state index in [1.807, 2.05) is 36.5 Å². The molecule has 25 heavy (non-hydrogen) atoms. The van der Waals surface area contributed by atoms with Crippen LogP contribution in [0.1, 0.15) is 35.1 Å². The van der Waals surface area contributed by atoms with Crippen molar-refractivity contribution in [2.75, 3.05) is 25.0 Å². The van der Waals surface area contributed by atoms with Gasteiger partial charge in [-0.1, -0.05) is 12.1 Å². The SMILES string of the molecule is CNC(=O)c1cccc(N2CCCC(c3nnc4ccccn34)C2)n1. The molecule has 0 spiro atoms. The van der Waals surface area contributed by atoms with E-state index in [1.165, 1.54) is 0 Å². The lowest BCUT2D eigenvalue weighted by molar-refractivity contribution is 0.0958. The zero-order valence-electron chi connectivity index (χ0n) is 14.1. The highest BCUT2D eigenvalue weighted by Crippen LogP contribution is 2.28. The molecule has 128 valence electrons. The van der Waals surface area contributed by atoms with Crippen LogP contribution in [0.4, 0.5) is 5.82 Å². The van der Waals surface area contributed by atoms with E-state index in [0.29, 0.717) is 5.69 Å². The van der Waals surface area contributed by atoms with Crippen LogP contribution in [-0.2, 0) is 0 Å². The van der Waals surface area contributed by atoms with Crippen LogP contribution in [0.2, 0.25) is 0 Å². The highest BCUT2D eigenvalue weighted by atomic mass is 16.1. The van der Waals surface area contributed by atoms with Crippen LogP contribution in [0.5, 0.6) is 0 Å². The van der Waals surface area contributed by atoms with Crippen molar-refractivity contribution in [3.8, 4) is 0 Å². The Morgan fingerprint density at radius 3 is 3.00 bits per heavy atom. The van der Waals surface area contributed by atoms with Crippen molar-refractivity contribution in [2.24, 2.45) is 0 Å². The summed E-state index contributed by atoms with van der Waals surface area (Å²) in [5.74, 6) is 1.94. The third-order valence-corrected chi connectivity index (χ3v) is 4.64. The van der Waals surface area contributed by atoms with Gasteiger partial charge in [-0.15, -0.1) is 10.2 Å². The number of aromatic nitrogens is 4. The van der Waals surface area contributed by atoms with Gasteiger partial charge in [-0.25, -0.2) is 4.98 Å². The van der Waals surface area contributed by atoms with Gasteiger partial charge in [0.2, 0.25) is 0 Å². The molecule has 1 amide bonds. The fourth-order valence-corrected chi connectivity index (χ4v) is 3.39. The number of rotatable bonds is 3. The molecule has 1 unspecified atom stereocenters. The summed E-state index contributed by atoms with van der Waals surface area (Å²) in [4.78, 5) is 18.6. The number of pyridine rings is 2. The van der Waals surface area contributed by atoms with E-state index < -0.39 is 0 Å². The van der Waals surface area contributed by atoms with Gasteiger partial charge in [0, 0.05) is 32.3 Å². The van der Waals surface area contributed by atoms with E-state index in [2.05, 4.69) is 29.8 Å². The molecule has 3 aromatic heterocycles. The van der Waals surface area contributed by atoms with Gasteiger partial charge in [0.15, 0.2) is 5.65 Å². The Hall–Kier alpha value is -2.96. The molecule has 1 saturated heterocycles. The molecule has 7 heteroatoms. The van der Waals surface area contributed by atoms with Crippen molar-refractivity contribution in [3.05, 3.63) is 54.1 Å². The maximum absolute atomic E-state index is 11.8. The van der Waals surface area contributed by atoms with Crippen LogP contribution in [-0.4, -0.2) is 45.6 Å². The molecule has 1 aliphatic rings. The second-order valence-electron chi connectivity index (χ2n) is 6.23. The van der Waals surface area contributed by atoms with E-state index in [-0.39, 0.29) is 11.8 Å². The second kappa shape index (κ2) is 6.51. The van der Waals surface area contributed by atoms with Crippen molar-refractivity contribution in [1.29, 1.82) is 0 Å². The van der Waals surface area contributed by atoms with Crippen LogP contribution >= 0.6 is 0 Å². The summed E-state index contributed by atoms with van der Waals surface area (Å²) in [6.07, 6.45) is 4.13. The number of carbonyl (C=O) groups excluding carboxylic acids is 1. The van der Waals surface area contributed by atoms with Crippen molar-refractivity contribution in [2.45, 2.75) is 18.8 Å². The van der Waals surface area contributed by atoms with Gasteiger partial charge in [0.05, 0.1) is 0 Å². The number of carbonyl (C=O) groups is 1. The van der Waals surface area contributed by atoms with E-state index in [0.717, 1.165) is 43.2 Å². The molecule has 1 aliphatic heterocycles. The fourth-order valence-electron chi connectivity index (χ4n) is 3.39. The summed E-state index contributed by atoms with van der Waals surface area (Å²) in [5.41, 5.74) is 1.31. The van der Waals surface area contributed by atoms with E-state index in [9.17, 15) is 4.79 Å². The second-order valence-corrected chi connectivity index (χ2v) is 6.23. The summed E-state index contributed by atoms with van der Waals surface area (Å²) in [6, 6.07) is 11.5. The molecule has 3 aromatic rings. The zero-order chi connectivity index (χ0) is 17.2. The number of anilines is 1. The quantitative estimate of drug-likeness (QED) is 0.790. The summed E-state index contributed by atoms with van der Waals surface area (Å²) in [7, 11) is 1.62. The molecule has 7 nitrogen and oxygen atoms in total. The van der Waals surface area contributed by atoms with Gasteiger partial charge in [-0.3, -0.25) is 9.20 Å². The number of nitrogens with zero attached hydrogens (tertiary/aromatic N) is 5. The molecule has 0 bridgehead atoms. The number of fused-ring (bicyclic) bond motifs is 1. The van der Waals surface area contributed by atoms with Crippen molar-refractivity contribution in [3.63, 3.8) is 0 Å². The van der Waals surface area contributed by atoms with Crippen LogP contribution in [0.15, 0.2) is 42.6 Å². The first kappa shape index (κ1) is 15.6. The first-order chi connectivity index (χ1) is 12.3. The van der Waals surface area contributed by atoms with Gasteiger partial charge in [0.1, 0.15) is 17.3 Å². The van der Waals surface area contributed by atoms with Gasteiger partial charge in [-0.05, 0) is 37.1 Å². The Kier molecular flexibility index (Phi) is 4.05. The minimum atomic E-state index is -0.168. The van der Waals surface area contributed by atoms with Crippen molar-refractivity contribution in [1.82, 2.24) is 24.9 Å². The Labute approximate surface area is 145 Å². The van der Waals surface area contributed by atoms with Gasteiger partial charge in [0.25, 0.3) is 5.91 Å². The van der Waals surface area contributed by atoms with E-state index in [4.69, 9.17) is 0 Å². The normalized spacial score (nSPS) is 17.6. The molecular weight excluding hydrogens is 316 g/mol. The molecule has 4 rings (SSSR count). The van der Waals surface area contributed by atoms with Crippen LogP contribution in [0, 0.1) is 0 Å². The molecule has 4 heterocycles. The molecule has 0 saturated carbocycles. The molecule has 0 aliphatic carbocycles. The van der Waals surface area contributed by atoms with Gasteiger partial charge >= 0.3 is 0 Å². The average Bonchev–Trinajstić information content (AvgIpc) is 3.12. The van der Waals surface area contributed by atoms with Gasteiger partial charge in [-0.2, -0.15) is 0 Å². The molecule has 1 fully saturated rings. The number of piperidine rings is 1. The van der Waals surface area contributed by atoms with Gasteiger partial charge < -0.3 is 10.2 Å². The fraction of sp³-hybridized carbons (Fsp3) is 0.333. The molecule has 0 aromatic carbocycles. The van der Waals surface area contributed by atoms with Crippen molar-refractivity contribution < 1.29 is 4.79 Å². The zero-order valence-corrected chi connectivity index (χ0v) is 14.1. The summed E-state index contributed by atoms with van der Waals surface area (Å²) >= 11 is 0. The highest BCUT2D eigenvalue weighted by molar-refractivity contribution is 5.92. The van der Waals surface area contributed by atoms with Crippen molar-refractivity contribution >= 4 is 17.4 Å². The maximum Gasteiger partial charge on any atom is 0.269 e. The van der Waals surface area contributed by atoms with Crippen LogP contribution in [0.25, 0.3) is 5.65 Å². The number of nitrogens with one attached hydrogen (secondary N) is 1.